The van der Waals surface area contributed by atoms with Gasteiger partial charge in [0.25, 0.3) is 0 Å². The van der Waals surface area contributed by atoms with Crippen LogP contribution in [0.5, 0.6) is 5.75 Å². The van der Waals surface area contributed by atoms with Crippen molar-refractivity contribution in [2.24, 2.45) is 0 Å². The number of ether oxygens (including phenoxy) is 1. The van der Waals surface area contributed by atoms with E-state index in [9.17, 15) is 4.79 Å². The van der Waals surface area contributed by atoms with Crippen molar-refractivity contribution >= 4 is 12.1 Å². The van der Waals surface area contributed by atoms with E-state index in [4.69, 9.17) is 9.15 Å². The Labute approximate surface area is 137 Å². The lowest BCUT2D eigenvalue weighted by molar-refractivity contribution is 0.110. The minimum absolute atomic E-state index is 0.273. The standard InChI is InChI=1S/C18H13N3O3/c1-23-16-5-3-12(9-14(16)17-6-4-13(11-22)24-17)15-10-21-8-2-7-19-18(21)20-15/h2-11H,1H3. The summed E-state index contributed by atoms with van der Waals surface area (Å²) in [5.74, 6) is 2.13. The molecule has 0 radical (unpaired) electrons. The minimum Gasteiger partial charge on any atom is -0.496 e. The highest BCUT2D eigenvalue weighted by Gasteiger charge is 2.13. The van der Waals surface area contributed by atoms with Crippen molar-refractivity contribution < 1.29 is 13.9 Å². The van der Waals surface area contributed by atoms with E-state index in [1.54, 1.807) is 25.4 Å². The first-order valence-electron chi connectivity index (χ1n) is 7.32. The van der Waals surface area contributed by atoms with Gasteiger partial charge in [-0.25, -0.2) is 9.97 Å². The Balaban J connectivity index is 1.85. The summed E-state index contributed by atoms with van der Waals surface area (Å²) >= 11 is 0. The molecule has 3 aromatic heterocycles. The van der Waals surface area contributed by atoms with Gasteiger partial charge in [0, 0.05) is 24.2 Å². The number of aromatic nitrogens is 3. The number of aldehydes is 1. The van der Waals surface area contributed by atoms with Crippen LogP contribution in [0.1, 0.15) is 10.6 Å². The molecule has 0 bridgehead atoms. The molecule has 6 nitrogen and oxygen atoms in total. The highest BCUT2D eigenvalue weighted by atomic mass is 16.5. The first-order chi connectivity index (χ1) is 11.8. The molecule has 0 N–H and O–H groups in total. The SMILES string of the molecule is COc1ccc(-c2cn3cccnc3n2)cc1-c1ccc(C=O)o1. The molecule has 0 atom stereocenters. The van der Waals surface area contributed by atoms with Gasteiger partial charge in [0.1, 0.15) is 11.5 Å². The molecule has 1 aromatic carbocycles. The summed E-state index contributed by atoms with van der Waals surface area (Å²) in [7, 11) is 1.59. The molecule has 0 saturated carbocycles. The van der Waals surface area contributed by atoms with Crippen LogP contribution in [0.15, 0.2) is 59.4 Å². The highest BCUT2D eigenvalue weighted by molar-refractivity contribution is 5.77. The molecule has 0 saturated heterocycles. The third-order valence-corrected chi connectivity index (χ3v) is 3.74. The van der Waals surface area contributed by atoms with E-state index in [1.165, 1.54) is 0 Å². The lowest BCUT2D eigenvalue weighted by Gasteiger charge is -2.08. The molecule has 24 heavy (non-hydrogen) atoms. The molecule has 0 amide bonds. The number of carbonyl (C=O) groups is 1. The van der Waals surface area contributed by atoms with Crippen LogP contribution < -0.4 is 4.74 Å². The zero-order valence-electron chi connectivity index (χ0n) is 12.8. The number of nitrogens with zero attached hydrogens (tertiary/aromatic N) is 3. The Morgan fingerprint density at radius 2 is 2.17 bits per heavy atom. The van der Waals surface area contributed by atoms with Gasteiger partial charge < -0.3 is 9.15 Å². The van der Waals surface area contributed by atoms with Crippen LogP contribution in [0.25, 0.3) is 28.4 Å². The normalized spacial score (nSPS) is 10.9. The molecule has 0 spiro atoms. The second kappa shape index (κ2) is 5.66. The van der Waals surface area contributed by atoms with Gasteiger partial charge in [-0.2, -0.15) is 0 Å². The molecule has 3 heterocycles. The average Bonchev–Trinajstić information content (AvgIpc) is 3.27. The Morgan fingerprint density at radius 1 is 1.25 bits per heavy atom. The number of benzene rings is 1. The molecule has 0 unspecified atom stereocenters. The van der Waals surface area contributed by atoms with Crippen LogP contribution in [-0.4, -0.2) is 27.8 Å². The van der Waals surface area contributed by atoms with E-state index in [0.29, 0.717) is 23.6 Å². The van der Waals surface area contributed by atoms with Crippen molar-refractivity contribution in [3.63, 3.8) is 0 Å². The molecule has 6 heteroatoms. The van der Waals surface area contributed by atoms with Gasteiger partial charge in [-0.3, -0.25) is 9.20 Å². The Kier molecular flexibility index (Phi) is 3.35. The maximum absolute atomic E-state index is 10.8. The third kappa shape index (κ3) is 2.34. The van der Waals surface area contributed by atoms with Crippen molar-refractivity contribution in [3.05, 3.63) is 60.7 Å². The van der Waals surface area contributed by atoms with E-state index < -0.39 is 0 Å². The van der Waals surface area contributed by atoms with Gasteiger partial charge in [-0.15, -0.1) is 0 Å². The molecule has 0 fully saturated rings. The minimum atomic E-state index is 0.273. The largest absolute Gasteiger partial charge is 0.496 e. The summed E-state index contributed by atoms with van der Waals surface area (Å²) in [6.07, 6.45) is 6.18. The van der Waals surface area contributed by atoms with Crippen LogP contribution in [0.4, 0.5) is 0 Å². The lowest BCUT2D eigenvalue weighted by atomic mass is 10.1. The van der Waals surface area contributed by atoms with Crippen LogP contribution in [0.3, 0.4) is 0 Å². The zero-order valence-corrected chi connectivity index (χ0v) is 12.8. The number of carbonyl (C=O) groups excluding carboxylic acids is 1. The molecule has 4 aromatic rings. The van der Waals surface area contributed by atoms with Crippen molar-refractivity contribution in [2.75, 3.05) is 7.11 Å². The molecule has 0 aliphatic heterocycles. The fourth-order valence-corrected chi connectivity index (χ4v) is 2.59. The summed E-state index contributed by atoms with van der Waals surface area (Å²) in [5.41, 5.74) is 2.45. The fourth-order valence-electron chi connectivity index (χ4n) is 2.59. The van der Waals surface area contributed by atoms with Crippen LogP contribution in [0, 0.1) is 0 Å². The third-order valence-electron chi connectivity index (χ3n) is 3.74. The molecule has 4 rings (SSSR count). The summed E-state index contributed by atoms with van der Waals surface area (Å²) in [6.45, 7) is 0. The van der Waals surface area contributed by atoms with Crippen molar-refractivity contribution in [2.45, 2.75) is 0 Å². The van der Waals surface area contributed by atoms with Crippen molar-refractivity contribution in [1.29, 1.82) is 0 Å². The molecular weight excluding hydrogens is 306 g/mol. The summed E-state index contributed by atoms with van der Waals surface area (Å²) < 4.78 is 12.8. The number of hydrogen-bond donors (Lipinski definition) is 0. The van der Waals surface area contributed by atoms with Crippen LogP contribution in [0.2, 0.25) is 0 Å². The Hall–Kier alpha value is -3.41. The topological polar surface area (TPSA) is 69.6 Å². The highest BCUT2D eigenvalue weighted by Crippen LogP contribution is 2.34. The summed E-state index contributed by atoms with van der Waals surface area (Å²) in [6, 6.07) is 10.9. The molecule has 0 aliphatic carbocycles. The number of methoxy groups -OCH3 is 1. The van der Waals surface area contributed by atoms with E-state index in [0.717, 1.165) is 16.8 Å². The van der Waals surface area contributed by atoms with Gasteiger partial charge in [0.05, 0.1) is 18.4 Å². The number of hydrogen-bond acceptors (Lipinski definition) is 5. The van der Waals surface area contributed by atoms with Gasteiger partial charge in [-0.05, 0) is 36.4 Å². The summed E-state index contributed by atoms with van der Waals surface area (Å²) in [5, 5.41) is 0. The Morgan fingerprint density at radius 3 is 2.92 bits per heavy atom. The summed E-state index contributed by atoms with van der Waals surface area (Å²) in [4.78, 5) is 19.6. The first-order valence-corrected chi connectivity index (χ1v) is 7.32. The first kappa shape index (κ1) is 14.2. The monoisotopic (exact) mass is 319 g/mol. The van der Waals surface area contributed by atoms with Gasteiger partial charge in [-0.1, -0.05) is 0 Å². The second-order valence-electron chi connectivity index (χ2n) is 5.19. The van der Waals surface area contributed by atoms with E-state index in [-0.39, 0.29) is 5.76 Å². The molecular formula is C18H13N3O3. The van der Waals surface area contributed by atoms with E-state index in [1.807, 2.05) is 41.1 Å². The lowest BCUT2D eigenvalue weighted by Crippen LogP contribution is -1.88. The van der Waals surface area contributed by atoms with Gasteiger partial charge in [0.15, 0.2) is 12.0 Å². The number of imidazole rings is 1. The average molecular weight is 319 g/mol. The second-order valence-corrected chi connectivity index (χ2v) is 5.19. The maximum atomic E-state index is 10.8. The zero-order chi connectivity index (χ0) is 16.5. The molecule has 0 aliphatic rings. The quantitative estimate of drug-likeness (QED) is 0.539. The smallest absolute Gasteiger partial charge is 0.234 e. The van der Waals surface area contributed by atoms with Gasteiger partial charge >= 0.3 is 0 Å². The van der Waals surface area contributed by atoms with Gasteiger partial charge in [0.2, 0.25) is 5.78 Å². The fraction of sp³-hybridized carbons (Fsp3) is 0.0556. The predicted molar refractivity (Wildman–Crippen MR) is 88.1 cm³/mol. The van der Waals surface area contributed by atoms with Crippen molar-refractivity contribution in [3.8, 4) is 28.3 Å². The van der Waals surface area contributed by atoms with Crippen LogP contribution in [-0.2, 0) is 0 Å². The number of furan rings is 1. The Bertz CT molecular complexity index is 1000. The number of rotatable bonds is 4. The van der Waals surface area contributed by atoms with E-state index >= 15 is 0 Å². The van der Waals surface area contributed by atoms with E-state index in [2.05, 4.69) is 9.97 Å². The van der Waals surface area contributed by atoms with Crippen LogP contribution >= 0.6 is 0 Å². The predicted octanol–water partition coefficient (Wildman–Crippen LogP) is 3.48. The maximum Gasteiger partial charge on any atom is 0.234 e. The molecule has 118 valence electrons. The number of fused-ring (bicyclic) bond motifs is 1. The van der Waals surface area contributed by atoms with Crippen molar-refractivity contribution in [1.82, 2.24) is 14.4 Å².